The summed E-state index contributed by atoms with van der Waals surface area (Å²) in [6.45, 7) is 3.38. The number of amides is 1. The smallest absolute Gasteiger partial charge is 0.255 e. The number of halogens is 1. The molecule has 5 nitrogen and oxygen atoms in total. The van der Waals surface area contributed by atoms with Crippen LogP contribution in [0.4, 0.5) is 0 Å². The highest BCUT2D eigenvalue weighted by Gasteiger charge is 2.31. The zero-order valence-electron chi connectivity index (χ0n) is 12.8. The third kappa shape index (κ3) is 3.80. The standard InChI is InChI=1S/C15H21ClN2O3S/c1-3-18(22(2,20)21)12-8-10-17(11-9-12)15(19)13-6-4-5-7-14(13)16/h4-7,12H,3,8-11H2,1-2H3. The molecule has 0 unspecified atom stereocenters. The van der Waals surface area contributed by atoms with Gasteiger partial charge in [-0.3, -0.25) is 4.79 Å². The number of carbonyl (C=O) groups is 1. The largest absolute Gasteiger partial charge is 0.338 e. The number of piperidine rings is 1. The maximum absolute atomic E-state index is 12.5. The quantitative estimate of drug-likeness (QED) is 0.841. The van der Waals surface area contributed by atoms with E-state index in [1.54, 1.807) is 29.2 Å². The Hall–Kier alpha value is -1.11. The molecule has 1 aromatic rings. The summed E-state index contributed by atoms with van der Waals surface area (Å²) in [5.74, 6) is -0.0912. The van der Waals surface area contributed by atoms with Crippen molar-refractivity contribution in [1.29, 1.82) is 0 Å². The zero-order chi connectivity index (χ0) is 16.3. The molecule has 1 fully saturated rings. The fourth-order valence-electron chi connectivity index (χ4n) is 2.93. The molecule has 0 radical (unpaired) electrons. The van der Waals surface area contributed by atoms with E-state index in [1.807, 2.05) is 6.92 Å². The monoisotopic (exact) mass is 344 g/mol. The molecule has 0 bridgehead atoms. The van der Waals surface area contributed by atoms with Crippen molar-refractivity contribution in [3.63, 3.8) is 0 Å². The second-order valence-electron chi connectivity index (χ2n) is 5.47. The molecular formula is C15H21ClN2O3S. The van der Waals surface area contributed by atoms with Gasteiger partial charge in [0, 0.05) is 25.7 Å². The summed E-state index contributed by atoms with van der Waals surface area (Å²) < 4.78 is 25.1. The summed E-state index contributed by atoms with van der Waals surface area (Å²) in [7, 11) is -3.20. The second-order valence-corrected chi connectivity index (χ2v) is 7.81. The fraction of sp³-hybridized carbons (Fsp3) is 0.533. The van der Waals surface area contributed by atoms with E-state index in [9.17, 15) is 13.2 Å². The lowest BCUT2D eigenvalue weighted by atomic mass is 10.0. The van der Waals surface area contributed by atoms with Crippen LogP contribution in [-0.2, 0) is 10.0 Å². The molecule has 0 aromatic heterocycles. The van der Waals surface area contributed by atoms with Gasteiger partial charge >= 0.3 is 0 Å². The van der Waals surface area contributed by atoms with Gasteiger partial charge in [0.25, 0.3) is 5.91 Å². The van der Waals surface area contributed by atoms with Crippen LogP contribution in [0.2, 0.25) is 5.02 Å². The van der Waals surface area contributed by atoms with Gasteiger partial charge in [-0.25, -0.2) is 8.42 Å². The minimum absolute atomic E-state index is 0.0321. The van der Waals surface area contributed by atoms with Gasteiger partial charge in [-0.05, 0) is 25.0 Å². The molecule has 1 saturated heterocycles. The average molecular weight is 345 g/mol. The van der Waals surface area contributed by atoms with Gasteiger partial charge in [0.2, 0.25) is 10.0 Å². The number of nitrogens with zero attached hydrogens (tertiary/aromatic N) is 2. The van der Waals surface area contributed by atoms with Crippen molar-refractivity contribution in [3.8, 4) is 0 Å². The molecule has 0 atom stereocenters. The van der Waals surface area contributed by atoms with Gasteiger partial charge in [-0.15, -0.1) is 0 Å². The molecule has 122 valence electrons. The van der Waals surface area contributed by atoms with E-state index < -0.39 is 10.0 Å². The van der Waals surface area contributed by atoms with Crippen LogP contribution in [-0.4, -0.2) is 55.5 Å². The van der Waals surface area contributed by atoms with E-state index in [2.05, 4.69) is 0 Å². The van der Waals surface area contributed by atoms with Gasteiger partial charge in [0.15, 0.2) is 0 Å². The number of benzene rings is 1. The number of sulfonamides is 1. The van der Waals surface area contributed by atoms with E-state index in [0.717, 1.165) is 0 Å². The van der Waals surface area contributed by atoms with E-state index in [1.165, 1.54) is 10.6 Å². The molecule has 22 heavy (non-hydrogen) atoms. The summed E-state index contributed by atoms with van der Waals surface area (Å²) in [5, 5.41) is 0.445. The predicted molar refractivity (Wildman–Crippen MR) is 87.6 cm³/mol. The zero-order valence-corrected chi connectivity index (χ0v) is 14.4. The predicted octanol–water partition coefficient (Wildman–Crippen LogP) is 2.23. The highest BCUT2D eigenvalue weighted by molar-refractivity contribution is 7.88. The van der Waals surface area contributed by atoms with Crippen molar-refractivity contribution in [2.45, 2.75) is 25.8 Å². The minimum atomic E-state index is -3.20. The Morgan fingerprint density at radius 1 is 1.32 bits per heavy atom. The number of likely N-dealkylation sites (tertiary alicyclic amines) is 1. The van der Waals surface area contributed by atoms with Crippen molar-refractivity contribution in [3.05, 3.63) is 34.9 Å². The molecule has 1 aromatic carbocycles. The highest BCUT2D eigenvalue weighted by atomic mass is 35.5. The Bertz CT molecular complexity index is 640. The van der Waals surface area contributed by atoms with Gasteiger partial charge in [-0.1, -0.05) is 30.7 Å². The number of hydrogen-bond donors (Lipinski definition) is 0. The molecule has 7 heteroatoms. The first-order valence-electron chi connectivity index (χ1n) is 7.35. The number of carbonyl (C=O) groups excluding carboxylic acids is 1. The SMILES string of the molecule is CCN(C1CCN(C(=O)c2ccccc2Cl)CC1)S(C)(=O)=O. The Balaban J connectivity index is 2.03. The fourth-order valence-corrected chi connectivity index (χ4v) is 4.36. The van der Waals surface area contributed by atoms with E-state index >= 15 is 0 Å². The molecule has 1 heterocycles. The van der Waals surface area contributed by atoms with E-state index in [4.69, 9.17) is 11.6 Å². The second kappa shape index (κ2) is 6.98. The molecule has 0 N–H and O–H groups in total. The topological polar surface area (TPSA) is 57.7 Å². The van der Waals surface area contributed by atoms with Gasteiger partial charge in [-0.2, -0.15) is 4.31 Å². The normalized spacial score (nSPS) is 17.0. The first-order chi connectivity index (χ1) is 10.3. The Kier molecular flexibility index (Phi) is 5.47. The third-order valence-corrected chi connectivity index (χ3v) is 5.74. The summed E-state index contributed by atoms with van der Waals surface area (Å²) in [4.78, 5) is 14.2. The molecule has 0 saturated carbocycles. The molecule has 1 aliphatic rings. The number of rotatable bonds is 4. The van der Waals surface area contributed by atoms with Crippen LogP contribution < -0.4 is 0 Å². The minimum Gasteiger partial charge on any atom is -0.338 e. The maximum atomic E-state index is 12.5. The summed E-state index contributed by atoms with van der Waals surface area (Å²) in [6, 6.07) is 6.95. The summed E-state index contributed by atoms with van der Waals surface area (Å²) >= 11 is 6.06. The Labute approximate surface area is 136 Å². The summed E-state index contributed by atoms with van der Waals surface area (Å²) in [5.41, 5.74) is 0.498. The van der Waals surface area contributed by atoms with E-state index in [0.29, 0.717) is 43.1 Å². The lowest BCUT2D eigenvalue weighted by molar-refractivity contribution is 0.0681. The molecule has 0 aliphatic carbocycles. The van der Waals surface area contributed by atoms with Crippen molar-refractivity contribution >= 4 is 27.5 Å². The Morgan fingerprint density at radius 2 is 1.91 bits per heavy atom. The van der Waals surface area contributed by atoms with Crippen molar-refractivity contribution in [2.75, 3.05) is 25.9 Å². The van der Waals surface area contributed by atoms with Crippen LogP contribution in [0, 0.1) is 0 Å². The number of hydrogen-bond acceptors (Lipinski definition) is 3. The van der Waals surface area contributed by atoms with Gasteiger partial charge < -0.3 is 4.90 Å². The maximum Gasteiger partial charge on any atom is 0.255 e. The molecule has 2 rings (SSSR count). The van der Waals surface area contributed by atoms with Crippen molar-refractivity contribution < 1.29 is 13.2 Å². The van der Waals surface area contributed by atoms with E-state index in [-0.39, 0.29) is 11.9 Å². The van der Waals surface area contributed by atoms with Crippen molar-refractivity contribution in [1.82, 2.24) is 9.21 Å². The first-order valence-corrected chi connectivity index (χ1v) is 9.57. The van der Waals surface area contributed by atoms with Crippen molar-refractivity contribution in [2.24, 2.45) is 0 Å². The van der Waals surface area contributed by atoms with Crippen LogP contribution in [0.3, 0.4) is 0 Å². The van der Waals surface area contributed by atoms with Crippen LogP contribution in [0.15, 0.2) is 24.3 Å². The van der Waals surface area contributed by atoms with Gasteiger partial charge in [0.05, 0.1) is 16.8 Å². The first kappa shape index (κ1) is 17.2. The van der Waals surface area contributed by atoms with Gasteiger partial charge in [0.1, 0.15) is 0 Å². The lowest BCUT2D eigenvalue weighted by Crippen LogP contribution is -2.48. The molecule has 0 spiro atoms. The third-order valence-electron chi connectivity index (χ3n) is 4.00. The van der Waals surface area contributed by atoms with Crippen LogP contribution >= 0.6 is 11.6 Å². The molecular weight excluding hydrogens is 324 g/mol. The highest BCUT2D eigenvalue weighted by Crippen LogP contribution is 2.22. The van der Waals surface area contributed by atoms with Crippen LogP contribution in [0.1, 0.15) is 30.1 Å². The molecule has 1 aliphatic heterocycles. The van der Waals surface area contributed by atoms with Crippen LogP contribution in [0.5, 0.6) is 0 Å². The van der Waals surface area contributed by atoms with Crippen LogP contribution in [0.25, 0.3) is 0 Å². The summed E-state index contributed by atoms with van der Waals surface area (Å²) in [6.07, 6.45) is 2.53. The Morgan fingerprint density at radius 3 is 2.41 bits per heavy atom. The molecule has 1 amide bonds. The lowest BCUT2D eigenvalue weighted by Gasteiger charge is -2.37. The average Bonchev–Trinajstić information content (AvgIpc) is 2.47.